The first kappa shape index (κ1) is 17.1. The number of nitrogens with two attached hydrogens (primary N) is 1. The molecule has 1 aliphatic carbocycles. The molecule has 1 aliphatic heterocycles. The number of benzene rings is 1. The number of hydrogen-bond acceptors (Lipinski definition) is 4. The Labute approximate surface area is 144 Å². The molecule has 24 heavy (non-hydrogen) atoms. The van der Waals surface area contributed by atoms with E-state index in [2.05, 4.69) is 12.1 Å². The van der Waals surface area contributed by atoms with E-state index in [4.69, 9.17) is 15.2 Å². The molecule has 2 aliphatic rings. The van der Waals surface area contributed by atoms with Gasteiger partial charge in [-0.3, -0.25) is 0 Å². The second-order valence-electron chi connectivity index (χ2n) is 8.01. The lowest BCUT2D eigenvalue weighted by atomic mass is 9.73. The van der Waals surface area contributed by atoms with Gasteiger partial charge in [0, 0.05) is 24.5 Å². The highest BCUT2D eigenvalue weighted by Crippen LogP contribution is 2.50. The van der Waals surface area contributed by atoms with E-state index in [-0.39, 0.29) is 17.6 Å². The van der Waals surface area contributed by atoms with Crippen LogP contribution in [0.1, 0.15) is 57.2 Å². The Morgan fingerprint density at radius 3 is 2.54 bits per heavy atom. The fourth-order valence-corrected chi connectivity index (χ4v) is 4.00. The number of carbonyl (C=O) groups excluding carboxylic acids is 1. The molecule has 3 rings (SSSR count). The molecule has 0 bridgehead atoms. The summed E-state index contributed by atoms with van der Waals surface area (Å²) in [4.78, 5) is 14.1. The number of hydrogen-bond donors (Lipinski definition) is 1. The van der Waals surface area contributed by atoms with Crippen LogP contribution in [0.15, 0.2) is 18.2 Å². The zero-order valence-corrected chi connectivity index (χ0v) is 15.1. The summed E-state index contributed by atoms with van der Waals surface area (Å²) in [6.07, 6.45) is 2.56. The van der Waals surface area contributed by atoms with Crippen LogP contribution < -0.4 is 10.5 Å². The molecule has 2 N–H and O–H groups in total. The standard InChI is InChI=1S/C19H28N2O3/c1-18(2,3)24-17(22)21-9-7-19(8-10-21)12-16(20)14-6-5-13(23-4)11-15(14)19/h5-6,11,16H,7-10,12,20H2,1-4H3/t16-/m0/s1. The molecule has 0 aromatic heterocycles. The molecule has 0 saturated carbocycles. The highest BCUT2D eigenvalue weighted by Gasteiger charge is 2.45. The molecule has 0 unspecified atom stereocenters. The SMILES string of the molecule is COc1ccc2c(c1)C1(CCN(C(=O)OC(C)(C)C)CC1)C[C@@H]2N. The van der Waals surface area contributed by atoms with Gasteiger partial charge in [-0.1, -0.05) is 6.07 Å². The van der Waals surface area contributed by atoms with Crippen molar-refractivity contribution < 1.29 is 14.3 Å². The lowest BCUT2D eigenvalue weighted by Gasteiger charge is -2.40. The number of rotatable bonds is 1. The van der Waals surface area contributed by atoms with Crippen LogP contribution >= 0.6 is 0 Å². The van der Waals surface area contributed by atoms with E-state index in [1.165, 1.54) is 11.1 Å². The highest BCUT2D eigenvalue weighted by atomic mass is 16.6. The van der Waals surface area contributed by atoms with Crippen LogP contribution in [-0.4, -0.2) is 36.8 Å². The second kappa shape index (κ2) is 5.96. The third-order valence-electron chi connectivity index (χ3n) is 5.21. The van der Waals surface area contributed by atoms with Crippen LogP contribution in [0.5, 0.6) is 5.75 Å². The van der Waals surface area contributed by atoms with Gasteiger partial charge >= 0.3 is 6.09 Å². The first-order valence-electron chi connectivity index (χ1n) is 8.66. The van der Waals surface area contributed by atoms with Crippen molar-refractivity contribution in [3.8, 4) is 5.75 Å². The van der Waals surface area contributed by atoms with Crippen LogP contribution in [0.2, 0.25) is 0 Å². The van der Waals surface area contributed by atoms with Gasteiger partial charge in [0.05, 0.1) is 7.11 Å². The van der Waals surface area contributed by atoms with E-state index < -0.39 is 5.60 Å². The minimum Gasteiger partial charge on any atom is -0.497 e. The Morgan fingerprint density at radius 2 is 1.96 bits per heavy atom. The Balaban J connectivity index is 1.76. The molecule has 1 aromatic rings. The molecule has 1 aromatic carbocycles. The van der Waals surface area contributed by atoms with E-state index in [1.54, 1.807) is 7.11 Å². The summed E-state index contributed by atoms with van der Waals surface area (Å²) in [6.45, 7) is 7.11. The van der Waals surface area contributed by atoms with Crippen LogP contribution in [0.3, 0.4) is 0 Å². The van der Waals surface area contributed by atoms with Crippen molar-refractivity contribution in [2.75, 3.05) is 20.2 Å². The summed E-state index contributed by atoms with van der Waals surface area (Å²) in [5.74, 6) is 0.872. The van der Waals surface area contributed by atoms with Gasteiger partial charge in [-0.05, 0) is 63.3 Å². The lowest BCUT2D eigenvalue weighted by molar-refractivity contribution is 0.0162. The zero-order chi connectivity index (χ0) is 17.5. The van der Waals surface area contributed by atoms with Crippen molar-refractivity contribution in [1.29, 1.82) is 0 Å². The number of fused-ring (bicyclic) bond motifs is 2. The third-order valence-corrected chi connectivity index (χ3v) is 5.21. The number of methoxy groups -OCH3 is 1. The Bertz CT molecular complexity index is 628. The number of nitrogens with zero attached hydrogens (tertiary/aromatic N) is 1. The predicted molar refractivity (Wildman–Crippen MR) is 93.3 cm³/mol. The van der Waals surface area contributed by atoms with Gasteiger partial charge in [-0.15, -0.1) is 0 Å². The molecule has 1 amide bonds. The Hall–Kier alpha value is -1.75. The van der Waals surface area contributed by atoms with Crippen molar-refractivity contribution in [3.63, 3.8) is 0 Å². The maximum absolute atomic E-state index is 12.3. The summed E-state index contributed by atoms with van der Waals surface area (Å²) in [5, 5.41) is 0. The average Bonchev–Trinajstić information content (AvgIpc) is 2.78. The van der Waals surface area contributed by atoms with E-state index in [9.17, 15) is 4.79 Å². The highest BCUT2D eigenvalue weighted by molar-refractivity contribution is 5.68. The fourth-order valence-electron chi connectivity index (χ4n) is 4.00. The summed E-state index contributed by atoms with van der Waals surface area (Å²) in [6, 6.07) is 6.27. The normalized spacial score (nSPS) is 22.4. The first-order chi connectivity index (χ1) is 11.2. The van der Waals surface area contributed by atoms with Gasteiger partial charge in [0.25, 0.3) is 0 Å². The van der Waals surface area contributed by atoms with Crippen LogP contribution in [0.25, 0.3) is 0 Å². The first-order valence-corrected chi connectivity index (χ1v) is 8.66. The summed E-state index contributed by atoms with van der Waals surface area (Å²) < 4.78 is 10.9. The van der Waals surface area contributed by atoms with Gasteiger partial charge in [-0.25, -0.2) is 4.79 Å². The monoisotopic (exact) mass is 332 g/mol. The van der Waals surface area contributed by atoms with Crippen molar-refractivity contribution in [3.05, 3.63) is 29.3 Å². The van der Waals surface area contributed by atoms with Gasteiger partial charge in [0.1, 0.15) is 11.4 Å². The minimum atomic E-state index is -0.456. The Kier molecular flexibility index (Phi) is 4.24. The lowest BCUT2D eigenvalue weighted by Crippen LogP contribution is -2.46. The molecule has 1 fully saturated rings. The van der Waals surface area contributed by atoms with Crippen molar-refractivity contribution in [1.82, 2.24) is 4.90 Å². The van der Waals surface area contributed by atoms with Crippen molar-refractivity contribution >= 4 is 6.09 Å². The van der Waals surface area contributed by atoms with Crippen molar-refractivity contribution in [2.24, 2.45) is 5.73 Å². The number of carbonyl (C=O) groups is 1. The number of piperidine rings is 1. The van der Waals surface area contributed by atoms with E-state index in [1.807, 2.05) is 31.7 Å². The number of amides is 1. The van der Waals surface area contributed by atoms with Gasteiger partial charge < -0.3 is 20.1 Å². The molecule has 1 atom stereocenters. The quantitative estimate of drug-likeness (QED) is 0.856. The molecule has 1 heterocycles. The molecule has 5 nitrogen and oxygen atoms in total. The largest absolute Gasteiger partial charge is 0.497 e. The average molecular weight is 332 g/mol. The maximum Gasteiger partial charge on any atom is 0.410 e. The van der Waals surface area contributed by atoms with Crippen LogP contribution in [-0.2, 0) is 10.2 Å². The number of likely N-dealkylation sites (tertiary alicyclic amines) is 1. The topological polar surface area (TPSA) is 64.8 Å². The fraction of sp³-hybridized carbons (Fsp3) is 0.632. The molecule has 1 spiro atoms. The summed E-state index contributed by atoms with van der Waals surface area (Å²) >= 11 is 0. The molecule has 1 saturated heterocycles. The third kappa shape index (κ3) is 3.09. The summed E-state index contributed by atoms with van der Waals surface area (Å²) in [7, 11) is 1.69. The van der Waals surface area contributed by atoms with E-state index in [0.29, 0.717) is 13.1 Å². The smallest absolute Gasteiger partial charge is 0.410 e. The maximum atomic E-state index is 12.3. The molecule has 5 heteroatoms. The zero-order valence-electron chi connectivity index (χ0n) is 15.1. The van der Waals surface area contributed by atoms with Gasteiger partial charge in [-0.2, -0.15) is 0 Å². The second-order valence-corrected chi connectivity index (χ2v) is 8.01. The number of ether oxygens (including phenoxy) is 2. The van der Waals surface area contributed by atoms with Gasteiger partial charge in [0.15, 0.2) is 0 Å². The minimum absolute atomic E-state index is 0.0573. The molecule has 132 valence electrons. The predicted octanol–water partition coefficient (Wildman–Crippen LogP) is 3.37. The summed E-state index contributed by atoms with van der Waals surface area (Å²) in [5.41, 5.74) is 8.50. The van der Waals surface area contributed by atoms with Crippen LogP contribution in [0, 0.1) is 0 Å². The Morgan fingerprint density at radius 1 is 1.29 bits per heavy atom. The molecule has 0 radical (unpaired) electrons. The van der Waals surface area contributed by atoms with Crippen molar-refractivity contribution in [2.45, 2.75) is 57.1 Å². The van der Waals surface area contributed by atoms with E-state index >= 15 is 0 Å². The van der Waals surface area contributed by atoms with Crippen LogP contribution in [0.4, 0.5) is 4.79 Å². The molecular formula is C19H28N2O3. The molecular weight excluding hydrogens is 304 g/mol. The van der Waals surface area contributed by atoms with E-state index in [0.717, 1.165) is 25.0 Å². The van der Waals surface area contributed by atoms with Gasteiger partial charge in [0.2, 0.25) is 0 Å².